The van der Waals surface area contributed by atoms with Crippen molar-refractivity contribution in [3.8, 4) is 0 Å². The molecule has 0 unspecified atom stereocenters. The number of Topliss-reactive ketones (excluding diaryl/α,β-unsaturated/α-hetero) is 2. The van der Waals surface area contributed by atoms with E-state index in [1.165, 1.54) is 25.7 Å². The highest BCUT2D eigenvalue weighted by Crippen LogP contribution is 2.24. The van der Waals surface area contributed by atoms with Gasteiger partial charge in [-0.1, -0.05) is 84.2 Å². The second kappa shape index (κ2) is 32.6. The minimum Gasteiger partial charge on any atom is -0.368 e. The van der Waals surface area contributed by atoms with Crippen molar-refractivity contribution in [3.05, 3.63) is 35.9 Å². The fraction of sp³-hybridized carbons (Fsp3) is 0.685. The number of hydrogen-bond acceptors (Lipinski definition) is 13. The zero-order valence-corrected chi connectivity index (χ0v) is 46.7. The number of ketones is 2. The van der Waals surface area contributed by atoms with Crippen LogP contribution in [0.2, 0.25) is 0 Å². The van der Waals surface area contributed by atoms with Crippen LogP contribution in [0.4, 0.5) is 0 Å². The zero-order valence-electron chi connectivity index (χ0n) is 45.8. The van der Waals surface area contributed by atoms with Crippen LogP contribution < -0.4 is 48.7 Å². The van der Waals surface area contributed by atoms with E-state index in [4.69, 9.17) is 11.5 Å². The lowest BCUT2D eigenvalue weighted by atomic mass is 9.87. The summed E-state index contributed by atoms with van der Waals surface area (Å²) in [6, 6.07) is -0.330. The van der Waals surface area contributed by atoms with Gasteiger partial charge in [0, 0.05) is 43.4 Å². The Bertz CT molecular complexity index is 2160. The highest BCUT2D eigenvalue weighted by molar-refractivity contribution is 8.00. The number of primary amides is 1. The van der Waals surface area contributed by atoms with E-state index in [0.717, 1.165) is 11.8 Å². The summed E-state index contributed by atoms with van der Waals surface area (Å²) in [7, 11) is 0. The molecule has 2 aliphatic heterocycles. The number of unbranched alkanes of at least 4 members (excludes halogenated alkanes) is 2. The predicted molar refractivity (Wildman–Crippen MR) is 290 cm³/mol. The standard InChI is InChI=1S/C54H86N10O11S/c1-9-10-20-39-54(75)64-23-16-21-43(64)53(74)59-34(7)48(69)58-35(8)49(70)62-41(26-36-17-12-11-13-18-36)52(73)63-42(47(56)68)29-76-30-46(67)57-33(6)44(65)28-38(24-31(2)3)51(72)61-40(25-32(4)5)45(66)27-37(50(71)60-39)19-14-15-22-55/h11-13,17-18,31-35,37-43H,9-10,14-16,19-30,55H2,1-8H3,(H2,56,68)(H,57,67)(H,58,69)(H,59,74)(H,60,71)(H,61,72)(H,62,70)(H,63,73)/t33-,34-,35-,37+,38+,39-,40-,41-,42-,43-/m0/s1. The molecule has 0 spiro atoms. The molecule has 2 aliphatic rings. The Morgan fingerprint density at radius 1 is 0.645 bits per heavy atom. The minimum absolute atomic E-state index is 0.0240. The molecule has 76 heavy (non-hydrogen) atoms. The van der Waals surface area contributed by atoms with Crippen LogP contribution in [-0.2, 0) is 59.2 Å². The number of nitrogens with two attached hydrogens (primary N) is 2. The summed E-state index contributed by atoms with van der Waals surface area (Å²) in [5.74, 6) is -9.02. The molecule has 0 radical (unpaired) electrons. The number of rotatable bonds is 14. The molecule has 0 bridgehead atoms. The third kappa shape index (κ3) is 21.6. The summed E-state index contributed by atoms with van der Waals surface area (Å²) >= 11 is 0.960. The first-order valence-corrected chi connectivity index (χ1v) is 28.2. The van der Waals surface area contributed by atoms with Gasteiger partial charge in [-0.05, 0) is 89.7 Å². The smallest absolute Gasteiger partial charge is 0.245 e. The van der Waals surface area contributed by atoms with Gasteiger partial charge in [0.15, 0.2) is 11.6 Å². The maximum Gasteiger partial charge on any atom is 0.245 e. The predicted octanol–water partition coefficient (Wildman–Crippen LogP) is 1.47. The average Bonchev–Trinajstić information content (AvgIpc) is 3.86. The summed E-state index contributed by atoms with van der Waals surface area (Å²) in [6.07, 6.45) is 3.58. The number of fused-ring (bicyclic) bond motifs is 1. The molecule has 1 aromatic rings. The molecule has 10 atom stereocenters. The molecular formula is C54H86N10O11S. The molecule has 424 valence electrons. The van der Waals surface area contributed by atoms with Crippen molar-refractivity contribution in [2.24, 2.45) is 35.1 Å². The van der Waals surface area contributed by atoms with Crippen LogP contribution >= 0.6 is 11.8 Å². The molecule has 11 N–H and O–H groups in total. The number of nitrogens with one attached hydrogen (secondary N) is 7. The third-order valence-electron chi connectivity index (χ3n) is 13.6. The summed E-state index contributed by atoms with van der Waals surface area (Å²) < 4.78 is 0. The lowest BCUT2D eigenvalue weighted by molar-refractivity contribution is -0.143. The molecule has 9 amide bonds. The van der Waals surface area contributed by atoms with Gasteiger partial charge in [0.05, 0.1) is 17.8 Å². The summed E-state index contributed by atoms with van der Waals surface area (Å²) in [5.41, 5.74) is 12.2. The molecule has 21 nitrogen and oxygen atoms in total. The van der Waals surface area contributed by atoms with Crippen LogP contribution in [0.1, 0.15) is 138 Å². The molecule has 0 aliphatic carbocycles. The van der Waals surface area contributed by atoms with Crippen LogP contribution in [0.25, 0.3) is 0 Å². The van der Waals surface area contributed by atoms with Crippen molar-refractivity contribution in [2.75, 3.05) is 24.6 Å². The van der Waals surface area contributed by atoms with Gasteiger partial charge < -0.3 is 53.6 Å². The van der Waals surface area contributed by atoms with Crippen LogP contribution in [0.3, 0.4) is 0 Å². The SMILES string of the molecule is CCCC[C@@H]1NC(=O)[C@H](CCCCN)CC(=O)[C@H](CC(C)C)NC(=O)[C@H](CC(C)C)CC(=O)[C@H](C)NC(=O)CSC[C@@H](C(N)=O)NC(=O)[C@H](Cc2ccccc2)NC(=O)[C@H](C)NC(=O)[C@H](C)NC(=O)[C@@H]2CCCN2C1=O. The van der Waals surface area contributed by atoms with Crippen molar-refractivity contribution in [1.29, 1.82) is 0 Å². The van der Waals surface area contributed by atoms with E-state index in [2.05, 4.69) is 37.2 Å². The van der Waals surface area contributed by atoms with Crippen LogP contribution in [0.15, 0.2) is 30.3 Å². The molecule has 0 saturated carbocycles. The van der Waals surface area contributed by atoms with Crippen molar-refractivity contribution >= 4 is 76.5 Å². The Morgan fingerprint density at radius 3 is 1.86 bits per heavy atom. The summed E-state index contributed by atoms with van der Waals surface area (Å²) in [6.45, 7) is 14.4. The molecule has 2 fully saturated rings. The van der Waals surface area contributed by atoms with Crippen molar-refractivity contribution in [1.82, 2.24) is 42.1 Å². The van der Waals surface area contributed by atoms with Crippen molar-refractivity contribution in [3.63, 3.8) is 0 Å². The van der Waals surface area contributed by atoms with Gasteiger partial charge in [-0.3, -0.25) is 52.7 Å². The van der Waals surface area contributed by atoms with E-state index in [9.17, 15) is 52.7 Å². The fourth-order valence-corrected chi connectivity index (χ4v) is 10.1. The van der Waals surface area contributed by atoms with Crippen molar-refractivity contribution in [2.45, 2.75) is 187 Å². The maximum absolute atomic E-state index is 14.5. The molecule has 0 aromatic heterocycles. The van der Waals surface area contributed by atoms with E-state index in [1.54, 1.807) is 30.3 Å². The van der Waals surface area contributed by atoms with Crippen molar-refractivity contribution < 1.29 is 52.7 Å². The number of benzene rings is 1. The van der Waals surface area contributed by atoms with Gasteiger partial charge >= 0.3 is 0 Å². The Balaban J connectivity index is 2.03. The van der Waals surface area contributed by atoms with E-state index < -0.39 is 125 Å². The Morgan fingerprint density at radius 2 is 1.24 bits per heavy atom. The molecule has 22 heteroatoms. The van der Waals surface area contributed by atoms with Gasteiger partial charge in [0.1, 0.15) is 36.3 Å². The first-order chi connectivity index (χ1) is 35.9. The minimum atomic E-state index is -1.30. The van der Waals surface area contributed by atoms with Crippen LogP contribution in [-0.4, -0.2) is 143 Å². The topological polar surface area (TPSA) is 327 Å². The second-order valence-corrected chi connectivity index (χ2v) is 22.2. The average molecular weight is 1080 g/mol. The van der Waals surface area contributed by atoms with Crippen LogP contribution in [0.5, 0.6) is 0 Å². The van der Waals surface area contributed by atoms with E-state index >= 15 is 0 Å². The first kappa shape index (κ1) is 64.4. The first-order valence-electron chi connectivity index (χ1n) is 27.0. The number of thioether (sulfide) groups is 1. The molecular weight excluding hydrogens is 997 g/mol. The number of nitrogens with zero attached hydrogens (tertiary/aromatic N) is 1. The third-order valence-corrected chi connectivity index (χ3v) is 14.6. The monoisotopic (exact) mass is 1080 g/mol. The quantitative estimate of drug-likeness (QED) is 0.119. The van der Waals surface area contributed by atoms with Gasteiger partial charge in [-0.2, -0.15) is 0 Å². The summed E-state index contributed by atoms with van der Waals surface area (Å²) in [4.78, 5) is 153. The molecule has 2 heterocycles. The second-order valence-electron chi connectivity index (χ2n) is 21.2. The molecule has 1 aromatic carbocycles. The highest BCUT2D eigenvalue weighted by atomic mass is 32.2. The van der Waals surface area contributed by atoms with Crippen LogP contribution in [0, 0.1) is 23.7 Å². The lowest BCUT2D eigenvalue weighted by Gasteiger charge is -2.30. The summed E-state index contributed by atoms with van der Waals surface area (Å²) in [5, 5.41) is 18.9. The number of amides is 9. The Labute approximate surface area is 452 Å². The molecule has 3 rings (SSSR count). The number of hydrogen-bond donors (Lipinski definition) is 9. The Hall–Kier alpha value is -5.90. The normalized spacial score (nSPS) is 27.4. The molecule has 2 saturated heterocycles. The van der Waals surface area contributed by atoms with Gasteiger partial charge in [0.2, 0.25) is 53.2 Å². The largest absolute Gasteiger partial charge is 0.368 e. The van der Waals surface area contributed by atoms with E-state index in [1.807, 2.05) is 34.6 Å². The van der Waals surface area contributed by atoms with Gasteiger partial charge in [-0.25, -0.2) is 0 Å². The van der Waals surface area contributed by atoms with E-state index in [-0.39, 0.29) is 81.3 Å². The lowest BCUT2D eigenvalue weighted by Crippen LogP contribution is -2.59. The number of carbonyl (C=O) groups excluding carboxylic acids is 11. The van der Waals surface area contributed by atoms with Gasteiger partial charge in [0.25, 0.3) is 0 Å². The fourth-order valence-electron chi connectivity index (χ4n) is 9.24. The Kier molecular flexibility index (Phi) is 27.6. The van der Waals surface area contributed by atoms with E-state index in [0.29, 0.717) is 44.2 Å². The maximum atomic E-state index is 14.5. The van der Waals surface area contributed by atoms with Gasteiger partial charge in [-0.15, -0.1) is 11.8 Å². The number of carbonyl (C=O) groups is 11. The zero-order chi connectivity index (χ0) is 56.6. The highest BCUT2D eigenvalue weighted by Gasteiger charge is 2.40.